The van der Waals surface area contributed by atoms with E-state index in [1.165, 1.54) is 27.5 Å². The van der Waals surface area contributed by atoms with E-state index in [4.69, 9.17) is 0 Å². The highest BCUT2D eigenvalue weighted by atomic mass is 32.2. The van der Waals surface area contributed by atoms with Crippen LogP contribution in [0.1, 0.15) is 9.67 Å². The van der Waals surface area contributed by atoms with Gasteiger partial charge in [0.15, 0.2) is 9.84 Å². The second-order valence-corrected chi connectivity index (χ2v) is 9.21. The Bertz CT molecular complexity index is 1030. The Labute approximate surface area is 135 Å². The van der Waals surface area contributed by atoms with E-state index >= 15 is 0 Å². The van der Waals surface area contributed by atoms with Crippen molar-refractivity contribution in [2.45, 2.75) is 6.04 Å². The standard InChI is InChI=1S/C15H11NO3S3/c17-15(16-9-5-6-22(18,19)8-9)13-7-12-14(21-13)10-3-1-2-4-11(10)20-12/h1-7,9H,8H2,(H,16,17). The molecule has 2 aromatic heterocycles. The van der Waals surface area contributed by atoms with Crippen molar-refractivity contribution in [3.63, 3.8) is 0 Å². The quantitative estimate of drug-likeness (QED) is 0.773. The zero-order valence-corrected chi connectivity index (χ0v) is 13.7. The average Bonchev–Trinajstić information content (AvgIpc) is 3.11. The minimum absolute atomic E-state index is 0.0542. The molecule has 0 fully saturated rings. The van der Waals surface area contributed by atoms with E-state index in [1.54, 1.807) is 11.3 Å². The lowest BCUT2D eigenvalue weighted by Gasteiger charge is -2.08. The van der Waals surface area contributed by atoms with E-state index in [2.05, 4.69) is 17.4 Å². The Morgan fingerprint density at radius 3 is 2.77 bits per heavy atom. The summed E-state index contributed by atoms with van der Waals surface area (Å²) in [5.41, 5.74) is 0. The molecule has 1 amide bonds. The molecule has 112 valence electrons. The first kappa shape index (κ1) is 13.9. The van der Waals surface area contributed by atoms with Crippen molar-refractivity contribution in [3.05, 3.63) is 46.7 Å². The molecule has 1 aromatic carbocycles. The molecule has 1 atom stereocenters. The van der Waals surface area contributed by atoms with Gasteiger partial charge in [0.2, 0.25) is 0 Å². The predicted molar refractivity (Wildman–Crippen MR) is 91.4 cm³/mol. The van der Waals surface area contributed by atoms with Crippen LogP contribution < -0.4 is 5.32 Å². The Balaban J connectivity index is 1.64. The van der Waals surface area contributed by atoms with Gasteiger partial charge < -0.3 is 5.32 Å². The molecule has 3 aromatic rings. The van der Waals surface area contributed by atoms with Crippen LogP contribution in [0.25, 0.3) is 19.5 Å². The van der Waals surface area contributed by atoms with Crippen molar-refractivity contribution < 1.29 is 13.2 Å². The molecule has 1 unspecified atom stereocenters. The van der Waals surface area contributed by atoms with Gasteiger partial charge in [0.05, 0.1) is 21.4 Å². The third-order valence-corrected chi connectivity index (χ3v) is 7.33. The fraction of sp³-hybridized carbons (Fsp3) is 0.133. The molecule has 0 aliphatic carbocycles. The maximum absolute atomic E-state index is 12.3. The van der Waals surface area contributed by atoms with Gasteiger partial charge in [-0.05, 0) is 18.2 Å². The van der Waals surface area contributed by atoms with Crippen LogP contribution >= 0.6 is 22.7 Å². The van der Waals surface area contributed by atoms with Crippen LogP contribution in [0.2, 0.25) is 0 Å². The zero-order valence-electron chi connectivity index (χ0n) is 11.3. The van der Waals surface area contributed by atoms with Gasteiger partial charge >= 0.3 is 0 Å². The van der Waals surface area contributed by atoms with Gasteiger partial charge in [0.1, 0.15) is 0 Å². The summed E-state index contributed by atoms with van der Waals surface area (Å²) in [6, 6.07) is 9.56. The van der Waals surface area contributed by atoms with E-state index < -0.39 is 15.9 Å². The van der Waals surface area contributed by atoms with E-state index in [0.717, 1.165) is 14.8 Å². The van der Waals surface area contributed by atoms with Crippen molar-refractivity contribution in [2.24, 2.45) is 0 Å². The molecule has 0 spiro atoms. The molecular formula is C15H11NO3S3. The summed E-state index contributed by atoms with van der Waals surface area (Å²) in [4.78, 5) is 12.9. The van der Waals surface area contributed by atoms with Crippen LogP contribution in [-0.2, 0) is 9.84 Å². The van der Waals surface area contributed by atoms with Crippen molar-refractivity contribution in [2.75, 3.05) is 5.75 Å². The van der Waals surface area contributed by atoms with Gasteiger partial charge in [-0.3, -0.25) is 4.79 Å². The summed E-state index contributed by atoms with van der Waals surface area (Å²) >= 11 is 3.11. The van der Waals surface area contributed by atoms with E-state index in [1.807, 2.05) is 18.2 Å². The number of carbonyl (C=O) groups is 1. The minimum Gasteiger partial charge on any atom is -0.344 e. The molecule has 0 radical (unpaired) electrons. The van der Waals surface area contributed by atoms with Crippen LogP contribution in [0.15, 0.2) is 41.8 Å². The highest BCUT2D eigenvalue weighted by Crippen LogP contribution is 2.39. The normalized spacial score (nSPS) is 19.9. The lowest BCUT2D eigenvalue weighted by Crippen LogP contribution is -2.35. The molecule has 0 saturated heterocycles. The molecule has 7 heteroatoms. The van der Waals surface area contributed by atoms with E-state index in [9.17, 15) is 13.2 Å². The molecule has 4 rings (SSSR count). The van der Waals surface area contributed by atoms with Crippen LogP contribution in [0, 0.1) is 0 Å². The lowest BCUT2D eigenvalue weighted by molar-refractivity contribution is 0.0952. The molecule has 0 bridgehead atoms. The monoisotopic (exact) mass is 349 g/mol. The summed E-state index contributed by atoms with van der Waals surface area (Å²) in [7, 11) is -3.16. The fourth-order valence-electron chi connectivity index (χ4n) is 2.52. The van der Waals surface area contributed by atoms with Crippen LogP contribution in [0.4, 0.5) is 0 Å². The number of hydrogen-bond acceptors (Lipinski definition) is 5. The Hall–Kier alpha value is -1.70. The molecule has 1 aliphatic heterocycles. The number of thiophene rings is 2. The molecule has 1 aliphatic rings. The number of rotatable bonds is 2. The molecular weight excluding hydrogens is 338 g/mol. The molecule has 4 nitrogen and oxygen atoms in total. The highest BCUT2D eigenvalue weighted by Gasteiger charge is 2.24. The summed E-state index contributed by atoms with van der Waals surface area (Å²) in [5, 5.41) is 5.09. The Morgan fingerprint density at radius 2 is 2.00 bits per heavy atom. The number of benzene rings is 1. The molecule has 22 heavy (non-hydrogen) atoms. The van der Waals surface area contributed by atoms with Gasteiger partial charge in [-0.15, -0.1) is 22.7 Å². The van der Waals surface area contributed by atoms with Crippen LogP contribution in [0.5, 0.6) is 0 Å². The number of sulfone groups is 1. The first-order valence-corrected chi connectivity index (χ1v) is 10.00. The largest absolute Gasteiger partial charge is 0.344 e. The van der Waals surface area contributed by atoms with E-state index in [-0.39, 0.29) is 11.7 Å². The number of hydrogen-bond donors (Lipinski definition) is 1. The summed E-state index contributed by atoms with van der Waals surface area (Å²) in [5.74, 6) is -0.272. The van der Waals surface area contributed by atoms with Crippen LogP contribution in [-0.4, -0.2) is 26.1 Å². The molecule has 1 N–H and O–H groups in total. The lowest BCUT2D eigenvalue weighted by atomic mass is 10.2. The number of nitrogens with one attached hydrogen (secondary N) is 1. The van der Waals surface area contributed by atoms with Gasteiger partial charge in [-0.25, -0.2) is 8.42 Å². The van der Waals surface area contributed by atoms with Gasteiger partial charge in [0, 0.05) is 20.2 Å². The first-order chi connectivity index (χ1) is 10.5. The van der Waals surface area contributed by atoms with Gasteiger partial charge in [0.25, 0.3) is 5.91 Å². The number of fused-ring (bicyclic) bond motifs is 3. The molecule has 3 heterocycles. The topological polar surface area (TPSA) is 63.2 Å². The van der Waals surface area contributed by atoms with Crippen molar-refractivity contribution in [1.82, 2.24) is 5.32 Å². The summed E-state index contributed by atoms with van der Waals surface area (Å²) in [6.07, 6.45) is 1.53. The maximum Gasteiger partial charge on any atom is 0.261 e. The van der Waals surface area contributed by atoms with Crippen molar-refractivity contribution in [3.8, 4) is 0 Å². The Kier molecular flexibility index (Phi) is 3.11. The Morgan fingerprint density at radius 1 is 1.18 bits per heavy atom. The molecule has 0 saturated carbocycles. The third kappa shape index (κ3) is 2.35. The summed E-state index contributed by atoms with van der Waals surface area (Å²) in [6.45, 7) is 0. The number of amides is 1. The third-order valence-electron chi connectivity index (χ3n) is 3.52. The smallest absolute Gasteiger partial charge is 0.261 e. The van der Waals surface area contributed by atoms with Gasteiger partial charge in [-0.1, -0.05) is 18.2 Å². The zero-order chi connectivity index (χ0) is 15.3. The number of carbonyl (C=O) groups excluding carboxylic acids is 1. The maximum atomic E-state index is 12.3. The first-order valence-electron chi connectivity index (χ1n) is 6.65. The fourth-order valence-corrected chi connectivity index (χ4v) is 6.18. The second kappa shape index (κ2) is 4.91. The van der Waals surface area contributed by atoms with Crippen molar-refractivity contribution >= 4 is 57.9 Å². The second-order valence-electron chi connectivity index (χ2n) is 5.14. The van der Waals surface area contributed by atoms with Crippen LogP contribution in [0.3, 0.4) is 0 Å². The summed E-state index contributed by atoms with van der Waals surface area (Å²) < 4.78 is 26.2. The predicted octanol–water partition coefficient (Wildman–Crippen LogP) is 3.16. The highest BCUT2D eigenvalue weighted by molar-refractivity contribution is 7.94. The minimum atomic E-state index is -3.16. The van der Waals surface area contributed by atoms with E-state index in [0.29, 0.717) is 4.88 Å². The SMILES string of the molecule is O=C(NC1C=CS(=O)(=O)C1)c1cc2sc3ccccc3c2s1. The van der Waals surface area contributed by atoms with Gasteiger partial charge in [-0.2, -0.15) is 0 Å². The van der Waals surface area contributed by atoms with Crippen molar-refractivity contribution in [1.29, 1.82) is 0 Å². The average molecular weight is 349 g/mol.